The van der Waals surface area contributed by atoms with Gasteiger partial charge in [0.15, 0.2) is 0 Å². The molecule has 0 aliphatic carbocycles. The number of fused-ring (bicyclic) bond motifs is 3. The molecular weight excluding hydrogens is 471 g/mol. The zero-order valence-corrected chi connectivity index (χ0v) is 19.0. The number of halogens is 3. The van der Waals surface area contributed by atoms with Gasteiger partial charge >= 0.3 is 6.18 Å². The van der Waals surface area contributed by atoms with Crippen LogP contribution in [-0.2, 0) is 15.7 Å². The van der Waals surface area contributed by atoms with Gasteiger partial charge in [-0.25, -0.2) is 0 Å². The quantitative estimate of drug-likeness (QED) is 0.503. The van der Waals surface area contributed by atoms with E-state index in [1.807, 2.05) is 19.1 Å². The molecule has 2 aliphatic rings. The second-order valence-electron chi connectivity index (χ2n) is 8.42. The van der Waals surface area contributed by atoms with E-state index < -0.39 is 17.7 Å². The van der Waals surface area contributed by atoms with Gasteiger partial charge in [-0.2, -0.15) is 13.2 Å². The average molecular weight is 491 g/mol. The highest BCUT2D eigenvalue weighted by molar-refractivity contribution is 6.14. The number of pyridine rings is 1. The Hall–Kier alpha value is -4.40. The topological polar surface area (TPSA) is 71.5 Å². The number of alkyl halides is 3. The molecule has 2 atom stereocenters. The standard InChI is InChI=1S/C27H20F3N3O3/c1-16(23-4-2-3-12-31-23)32-25(34)17-5-10-24-21(14-17)22-15-36-13-11-20(22)26(35)33(24)19-8-6-18(7-9-19)27(28,29)30/h2-16,20H,1H3,(H,32,34)/t16-,20?/m0/s1. The van der Waals surface area contributed by atoms with Crippen molar-refractivity contribution in [1.82, 2.24) is 10.3 Å². The van der Waals surface area contributed by atoms with Crippen molar-refractivity contribution in [2.24, 2.45) is 5.92 Å². The molecule has 182 valence electrons. The molecule has 2 amide bonds. The molecule has 36 heavy (non-hydrogen) atoms. The Kier molecular flexibility index (Phi) is 5.83. The Morgan fingerprint density at radius 1 is 1.11 bits per heavy atom. The molecule has 5 rings (SSSR count). The Morgan fingerprint density at radius 2 is 1.89 bits per heavy atom. The molecule has 0 saturated heterocycles. The van der Waals surface area contributed by atoms with E-state index in [1.165, 1.54) is 29.6 Å². The number of hydrogen-bond acceptors (Lipinski definition) is 4. The minimum Gasteiger partial charge on any atom is -0.473 e. The molecule has 9 heteroatoms. The van der Waals surface area contributed by atoms with E-state index in [4.69, 9.17) is 4.74 Å². The fourth-order valence-electron chi connectivity index (χ4n) is 4.27. The largest absolute Gasteiger partial charge is 0.473 e. The molecule has 0 radical (unpaired) electrons. The van der Waals surface area contributed by atoms with Gasteiger partial charge in [-0.15, -0.1) is 0 Å². The Bertz CT molecular complexity index is 1380. The van der Waals surface area contributed by atoms with Crippen LogP contribution < -0.4 is 10.2 Å². The maximum Gasteiger partial charge on any atom is 0.416 e. The molecule has 0 saturated carbocycles. The number of hydrogen-bond donors (Lipinski definition) is 1. The van der Waals surface area contributed by atoms with E-state index in [-0.39, 0.29) is 23.5 Å². The smallest absolute Gasteiger partial charge is 0.416 e. The number of anilines is 2. The minimum atomic E-state index is -4.49. The van der Waals surface area contributed by atoms with Crippen molar-refractivity contribution in [1.29, 1.82) is 0 Å². The summed E-state index contributed by atoms with van der Waals surface area (Å²) in [5.74, 6) is -1.38. The number of carbonyl (C=O) groups excluding carboxylic acids is 2. The van der Waals surface area contributed by atoms with Crippen LogP contribution in [0.3, 0.4) is 0 Å². The summed E-state index contributed by atoms with van der Waals surface area (Å²) < 4.78 is 44.5. The van der Waals surface area contributed by atoms with Crippen LogP contribution in [0.1, 0.15) is 40.1 Å². The van der Waals surface area contributed by atoms with Crippen LogP contribution in [0.2, 0.25) is 0 Å². The number of aromatic nitrogens is 1. The third-order valence-electron chi connectivity index (χ3n) is 6.11. The summed E-state index contributed by atoms with van der Waals surface area (Å²) in [6.07, 6.45) is 1.56. The van der Waals surface area contributed by atoms with Crippen LogP contribution in [0.4, 0.5) is 24.5 Å². The normalized spacial score (nSPS) is 17.4. The molecule has 0 fully saturated rings. The van der Waals surface area contributed by atoms with E-state index in [0.29, 0.717) is 28.1 Å². The Morgan fingerprint density at radius 3 is 2.58 bits per heavy atom. The van der Waals surface area contributed by atoms with Crippen LogP contribution >= 0.6 is 0 Å². The summed E-state index contributed by atoms with van der Waals surface area (Å²) in [6.45, 7) is 1.82. The maximum absolute atomic E-state index is 13.4. The number of nitrogens with one attached hydrogen (secondary N) is 1. The first-order valence-corrected chi connectivity index (χ1v) is 11.1. The summed E-state index contributed by atoms with van der Waals surface area (Å²) in [6, 6.07) is 14.3. The SMILES string of the molecule is C[C@H](NC(=O)c1ccc2c(c1)C1=COC=CC1C(=O)N2c1ccc(C(F)(F)F)cc1)c1ccccn1. The molecule has 0 bridgehead atoms. The van der Waals surface area contributed by atoms with Gasteiger partial charge in [0.1, 0.15) is 0 Å². The number of nitrogens with zero attached hydrogens (tertiary/aromatic N) is 2. The van der Waals surface area contributed by atoms with Gasteiger partial charge in [-0.3, -0.25) is 19.5 Å². The molecule has 6 nitrogen and oxygen atoms in total. The van der Waals surface area contributed by atoms with Gasteiger partial charge in [0.2, 0.25) is 5.91 Å². The number of benzene rings is 2. The van der Waals surface area contributed by atoms with Crippen molar-refractivity contribution in [3.8, 4) is 0 Å². The first-order chi connectivity index (χ1) is 17.2. The first-order valence-electron chi connectivity index (χ1n) is 11.1. The lowest BCUT2D eigenvalue weighted by Crippen LogP contribution is -2.37. The molecule has 0 spiro atoms. The molecule has 2 aromatic carbocycles. The third-order valence-corrected chi connectivity index (χ3v) is 6.11. The zero-order valence-electron chi connectivity index (χ0n) is 19.0. The minimum absolute atomic E-state index is 0.286. The highest BCUT2D eigenvalue weighted by Gasteiger charge is 2.38. The summed E-state index contributed by atoms with van der Waals surface area (Å²) in [5, 5.41) is 2.91. The van der Waals surface area contributed by atoms with E-state index in [2.05, 4.69) is 10.3 Å². The fourth-order valence-corrected chi connectivity index (χ4v) is 4.27. The van der Waals surface area contributed by atoms with Crippen LogP contribution in [0.25, 0.3) is 5.57 Å². The van der Waals surface area contributed by atoms with E-state index >= 15 is 0 Å². The molecular formula is C27H20F3N3O3. The summed E-state index contributed by atoms with van der Waals surface area (Å²) in [4.78, 5) is 32.1. The molecule has 2 aliphatic heterocycles. The van der Waals surface area contributed by atoms with Crippen molar-refractivity contribution in [2.75, 3.05) is 4.90 Å². The lowest BCUT2D eigenvalue weighted by atomic mass is 9.85. The van der Waals surface area contributed by atoms with E-state index in [9.17, 15) is 22.8 Å². The predicted octanol–water partition coefficient (Wildman–Crippen LogP) is 5.77. The van der Waals surface area contributed by atoms with Crippen molar-refractivity contribution in [3.63, 3.8) is 0 Å². The van der Waals surface area contributed by atoms with Crippen molar-refractivity contribution < 1.29 is 27.5 Å². The van der Waals surface area contributed by atoms with Gasteiger partial charge in [0, 0.05) is 28.6 Å². The average Bonchev–Trinajstić information content (AvgIpc) is 2.89. The molecule has 1 aromatic heterocycles. The lowest BCUT2D eigenvalue weighted by Gasteiger charge is -2.36. The Balaban J connectivity index is 1.52. The summed E-state index contributed by atoms with van der Waals surface area (Å²) >= 11 is 0. The molecule has 3 heterocycles. The number of carbonyl (C=O) groups is 2. The second kappa shape index (κ2) is 8.99. The fraction of sp³-hybridized carbons (Fsp3) is 0.148. The van der Waals surface area contributed by atoms with Gasteiger partial charge in [0.25, 0.3) is 5.91 Å². The number of amides is 2. The van der Waals surface area contributed by atoms with Crippen molar-refractivity contribution in [3.05, 3.63) is 108 Å². The maximum atomic E-state index is 13.4. The van der Waals surface area contributed by atoms with E-state index in [1.54, 1.807) is 36.5 Å². The van der Waals surface area contributed by atoms with Gasteiger partial charge in [0.05, 0.1) is 41.4 Å². The zero-order chi connectivity index (χ0) is 25.4. The van der Waals surface area contributed by atoms with Gasteiger partial charge < -0.3 is 10.1 Å². The van der Waals surface area contributed by atoms with Crippen molar-refractivity contribution in [2.45, 2.75) is 19.1 Å². The highest BCUT2D eigenvalue weighted by Crippen LogP contribution is 2.45. The summed E-state index contributed by atoms with van der Waals surface area (Å²) in [7, 11) is 0. The Labute approximate surface area is 204 Å². The summed E-state index contributed by atoms with van der Waals surface area (Å²) in [5.41, 5.74) is 2.11. The highest BCUT2D eigenvalue weighted by atomic mass is 19.4. The second-order valence-corrected chi connectivity index (χ2v) is 8.42. The number of rotatable bonds is 4. The van der Waals surface area contributed by atoms with E-state index in [0.717, 1.165) is 12.1 Å². The third kappa shape index (κ3) is 4.24. The molecule has 1 unspecified atom stereocenters. The number of ether oxygens (including phenoxy) is 1. The predicted molar refractivity (Wildman–Crippen MR) is 127 cm³/mol. The van der Waals surface area contributed by atoms with Crippen LogP contribution in [-0.4, -0.2) is 16.8 Å². The van der Waals surface area contributed by atoms with Crippen LogP contribution in [0.5, 0.6) is 0 Å². The van der Waals surface area contributed by atoms with Gasteiger partial charge in [-0.05, 0) is 67.6 Å². The monoisotopic (exact) mass is 491 g/mol. The van der Waals surface area contributed by atoms with Crippen LogP contribution in [0, 0.1) is 5.92 Å². The molecule has 3 aromatic rings. The van der Waals surface area contributed by atoms with Crippen LogP contribution in [0.15, 0.2) is 85.5 Å². The first kappa shape index (κ1) is 23.3. The molecule has 1 N–H and O–H groups in total. The van der Waals surface area contributed by atoms with Gasteiger partial charge in [-0.1, -0.05) is 6.07 Å². The van der Waals surface area contributed by atoms with Crippen molar-refractivity contribution >= 4 is 28.8 Å². The lowest BCUT2D eigenvalue weighted by molar-refractivity contribution is -0.137.